The summed E-state index contributed by atoms with van der Waals surface area (Å²) < 4.78 is 35.9. The van der Waals surface area contributed by atoms with Crippen LogP contribution in [0.3, 0.4) is 0 Å². The van der Waals surface area contributed by atoms with Crippen molar-refractivity contribution in [1.29, 1.82) is 0 Å². The molecule has 0 spiro atoms. The van der Waals surface area contributed by atoms with Crippen LogP contribution in [-0.2, 0) is 21.1 Å². The van der Waals surface area contributed by atoms with E-state index in [4.69, 9.17) is 0 Å². The van der Waals surface area contributed by atoms with Gasteiger partial charge in [-0.05, 0) is 18.1 Å². The van der Waals surface area contributed by atoms with Crippen LogP contribution in [0.5, 0.6) is 0 Å². The summed E-state index contributed by atoms with van der Waals surface area (Å²) in [5.41, 5.74) is 0.563. The molecule has 0 N–H and O–H groups in total. The minimum atomic E-state index is -2.95. The van der Waals surface area contributed by atoms with E-state index in [0.717, 1.165) is 0 Å². The van der Waals surface area contributed by atoms with Gasteiger partial charge in [0.05, 0.1) is 5.75 Å². The molecule has 1 heterocycles. The molecule has 7 heteroatoms. The van der Waals surface area contributed by atoms with Crippen molar-refractivity contribution in [1.82, 2.24) is 9.80 Å². The van der Waals surface area contributed by atoms with Gasteiger partial charge in [-0.15, -0.1) is 0 Å². The van der Waals surface area contributed by atoms with Crippen LogP contribution in [0.1, 0.15) is 12.0 Å². The molecule has 0 radical (unpaired) electrons. The zero-order valence-corrected chi connectivity index (χ0v) is 14.2. The monoisotopic (exact) mass is 342 g/mol. The quantitative estimate of drug-likeness (QED) is 0.772. The number of aryl methyl sites for hydroxylation is 1. The van der Waals surface area contributed by atoms with Crippen molar-refractivity contribution in [2.24, 2.45) is 0 Å². The average Bonchev–Trinajstić information content (AvgIpc) is 2.52. The van der Waals surface area contributed by atoms with Crippen LogP contribution >= 0.6 is 0 Å². The number of sulfone groups is 1. The molecule has 0 unspecified atom stereocenters. The zero-order chi connectivity index (χ0) is 16.9. The van der Waals surface area contributed by atoms with Crippen LogP contribution in [0.4, 0.5) is 4.39 Å². The highest BCUT2D eigenvalue weighted by Gasteiger charge is 2.21. The SMILES string of the molecule is CS(=O)(=O)CCN1CCN(C(=O)CCc2ccccc2F)CC1. The van der Waals surface area contributed by atoms with Crippen molar-refractivity contribution in [2.45, 2.75) is 12.8 Å². The smallest absolute Gasteiger partial charge is 0.222 e. The van der Waals surface area contributed by atoms with Gasteiger partial charge in [0.25, 0.3) is 0 Å². The van der Waals surface area contributed by atoms with E-state index in [1.165, 1.54) is 12.3 Å². The molecule has 0 bridgehead atoms. The molecule has 23 heavy (non-hydrogen) atoms. The summed E-state index contributed by atoms with van der Waals surface area (Å²) in [6.07, 6.45) is 1.93. The summed E-state index contributed by atoms with van der Waals surface area (Å²) in [6.45, 7) is 3.07. The standard InChI is InChI=1S/C16H23FN2O3S/c1-23(21,22)13-12-18-8-10-19(11-9-18)16(20)7-6-14-4-2-3-5-15(14)17/h2-5H,6-13H2,1H3. The predicted molar refractivity (Wildman–Crippen MR) is 87.5 cm³/mol. The second-order valence-electron chi connectivity index (χ2n) is 5.94. The lowest BCUT2D eigenvalue weighted by molar-refractivity contribution is -0.132. The Kier molecular flexibility index (Phi) is 6.12. The molecular weight excluding hydrogens is 319 g/mol. The lowest BCUT2D eigenvalue weighted by Gasteiger charge is -2.34. The Labute approximate surface area is 137 Å². The molecular formula is C16H23FN2O3S. The van der Waals surface area contributed by atoms with Crippen molar-refractivity contribution in [3.63, 3.8) is 0 Å². The minimum absolute atomic E-state index is 0.0241. The topological polar surface area (TPSA) is 57.7 Å². The van der Waals surface area contributed by atoms with Gasteiger partial charge in [-0.1, -0.05) is 18.2 Å². The number of piperazine rings is 1. The van der Waals surface area contributed by atoms with Crippen molar-refractivity contribution in [3.05, 3.63) is 35.6 Å². The average molecular weight is 342 g/mol. The van der Waals surface area contributed by atoms with Crippen LogP contribution in [0.25, 0.3) is 0 Å². The number of hydrogen-bond acceptors (Lipinski definition) is 4. The minimum Gasteiger partial charge on any atom is -0.340 e. The maximum atomic E-state index is 13.5. The Morgan fingerprint density at radius 1 is 1.17 bits per heavy atom. The van der Waals surface area contributed by atoms with Crippen LogP contribution in [-0.4, -0.2) is 68.9 Å². The van der Waals surface area contributed by atoms with E-state index in [0.29, 0.717) is 51.1 Å². The van der Waals surface area contributed by atoms with Crippen LogP contribution in [0.15, 0.2) is 24.3 Å². The Balaban J connectivity index is 1.74. The van der Waals surface area contributed by atoms with E-state index in [-0.39, 0.29) is 17.5 Å². The van der Waals surface area contributed by atoms with Gasteiger partial charge in [0, 0.05) is 45.4 Å². The van der Waals surface area contributed by atoms with Gasteiger partial charge in [-0.3, -0.25) is 9.69 Å². The maximum absolute atomic E-state index is 13.5. The Morgan fingerprint density at radius 3 is 2.43 bits per heavy atom. The molecule has 1 fully saturated rings. The van der Waals surface area contributed by atoms with E-state index < -0.39 is 9.84 Å². The highest BCUT2D eigenvalue weighted by molar-refractivity contribution is 7.90. The van der Waals surface area contributed by atoms with Gasteiger partial charge in [0.15, 0.2) is 0 Å². The van der Waals surface area contributed by atoms with Gasteiger partial charge < -0.3 is 4.90 Å². The molecule has 1 amide bonds. The van der Waals surface area contributed by atoms with Gasteiger partial charge in [0.1, 0.15) is 15.7 Å². The fourth-order valence-corrected chi connectivity index (χ4v) is 3.21. The lowest BCUT2D eigenvalue weighted by atomic mass is 10.1. The van der Waals surface area contributed by atoms with E-state index in [2.05, 4.69) is 4.90 Å². The van der Waals surface area contributed by atoms with Gasteiger partial charge in [-0.2, -0.15) is 0 Å². The van der Waals surface area contributed by atoms with Crippen molar-refractivity contribution >= 4 is 15.7 Å². The first-order valence-corrected chi connectivity index (χ1v) is 9.82. The largest absolute Gasteiger partial charge is 0.340 e. The highest BCUT2D eigenvalue weighted by atomic mass is 32.2. The number of carbonyl (C=O) groups is 1. The number of amides is 1. The first-order chi connectivity index (χ1) is 10.8. The zero-order valence-electron chi connectivity index (χ0n) is 13.4. The van der Waals surface area contributed by atoms with Gasteiger partial charge in [0.2, 0.25) is 5.91 Å². The summed E-state index contributed by atoms with van der Waals surface area (Å²) in [7, 11) is -2.95. The third-order valence-electron chi connectivity index (χ3n) is 4.07. The van der Waals surface area contributed by atoms with E-state index >= 15 is 0 Å². The molecule has 2 rings (SSSR count). The summed E-state index contributed by atoms with van der Waals surface area (Å²) >= 11 is 0. The van der Waals surface area contributed by atoms with Crippen molar-refractivity contribution < 1.29 is 17.6 Å². The number of halogens is 1. The maximum Gasteiger partial charge on any atom is 0.222 e. The molecule has 1 aliphatic rings. The third-order valence-corrected chi connectivity index (χ3v) is 4.99. The number of hydrogen-bond donors (Lipinski definition) is 0. The Bertz CT molecular complexity index is 640. The van der Waals surface area contributed by atoms with E-state index in [1.54, 1.807) is 23.1 Å². The molecule has 0 aromatic heterocycles. The fraction of sp³-hybridized carbons (Fsp3) is 0.562. The highest BCUT2D eigenvalue weighted by Crippen LogP contribution is 2.11. The summed E-state index contributed by atoms with van der Waals surface area (Å²) in [6, 6.07) is 6.51. The number of carbonyl (C=O) groups excluding carboxylic acids is 1. The van der Waals surface area contributed by atoms with Crippen LogP contribution in [0.2, 0.25) is 0 Å². The summed E-state index contributed by atoms with van der Waals surface area (Å²) in [5, 5.41) is 0. The Morgan fingerprint density at radius 2 is 1.83 bits per heavy atom. The second-order valence-corrected chi connectivity index (χ2v) is 8.20. The number of rotatable bonds is 6. The number of benzene rings is 1. The molecule has 1 saturated heterocycles. The second kappa shape index (κ2) is 7.88. The molecule has 1 aliphatic heterocycles. The van der Waals surface area contributed by atoms with E-state index in [9.17, 15) is 17.6 Å². The van der Waals surface area contributed by atoms with Crippen molar-refractivity contribution in [3.8, 4) is 0 Å². The first kappa shape index (κ1) is 17.9. The molecule has 0 saturated carbocycles. The summed E-state index contributed by atoms with van der Waals surface area (Å²) in [5.74, 6) is -0.101. The normalized spacial score (nSPS) is 16.5. The predicted octanol–water partition coefficient (Wildman–Crippen LogP) is 0.947. The molecule has 0 atom stereocenters. The van der Waals surface area contributed by atoms with E-state index in [1.807, 2.05) is 0 Å². The Hall–Kier alpha value is -1.47. The van der Waals surface area contributed by atoms with Crippen molar-refractivity contribution in [2.75, 3.05) is 44.7 Å². The van der Waals surface area contributed by atoms with Crippen LogP contribution in [0, 0.1) is 5.82 Å². The molecule has 5 nitrogen and oxygen atoms in total. The molecule has 128 valence electrons. The molecule has 1 aromatic carbocycles. The molecule has 1 aromatic rings. The molecule has 0 aliphatic carbocycles. The fourth-order valence-electron chi connectivity index (χ4n) is 2.62. The lowest BCUT2D eigenvalue weighted by Crippen LogP contribution is -2.49. The summed E-state index contributed by atoms with van der Waals surface area (Å²) in [4.78, 5) is 16.0. The van der Waals surface area contributed by atoms with Gasteiger partial charge >= 0.3 is 0 Å². The number of nitrogens with zero attached hydrogens (tertiary/aromatic N) is 2. The van der Waals surface area contributed by atoms with Gasteiger partial charge in [-0.25, -0.2) is 12.8 Å². The first-order valence-electron chi connectivity index (χ1n) is 7.76. The van der Waals surface area contributed by atoms with Crippen LogP contribution < -0.4 is 0 Å². The third kappa shape index (κ3) is 5.91.